The van der Waals surface area contributed by atoms with Crippen molar-refractivity contribution in [1.82, 2.24) is 4.90 Å². The predicted octanol–water partition coefficient (Wildman–Crippen LogP) is 1.37. The molecule has 1 aliphatic heterocycles. The Balaban J connectivity index is 2.10. The van der Waals surface area contributed by atoms with Crippen LogP contribution in [0.1, 0.15) is 44.9 Å². The van der Waals surface area contributed by atoms with Gasteiger partial charge < -0.3 is 15.4 Å². The van der Waals surface area contributed by atoms with Gasteiger partial charge in [0.1, 0.15) is 5.54 Å². The fourth-order valence-corrected chi connectivity index (χ4v) is 3.31. The monoisotopic (exact) mass is 280 g/mol. The molecule has 1 fully saturated rings. The minimum atomic E-state index is -0.943. The lowest BCUT2D eigenvalue weighted by Gasteiger charge is -2.35. The summed E-state index contributed by atoms with van der Waals surface area (Å²) in [5, 5.41) is 0. The third-order valence-electron chi connectivity index (χ3n) is 4.39. The third-order valence-corrected chi connectivity index (χ3v) is 4.39. The van der Waals surface area contributed by atoms with E-state index in [1.807, 2.05) is 0 Å². The molecule has 1 heterocycles. The topological polar surface area (TPSA) is 72.6 Å². The van der Waals surface area contributed by atoms with Crippen molar-refractivity contribution in [2.24, 2.45) is 5.73 Å². The molecule has 5 nitrogen and oxygen atoms in total. The van der Waals surface area contributed by atoms with Crippen LogP contribution in [-0.4, -0.2) is 42.5 Å². The van der Waals surface area contributed by atoms with E-state index in [2.05, 4.69) is 6.08 Å². The van der Waals surface area contributed by atoms with E-state index in [9.17, 15) is 9.59 Å². The van der Waals surface area contributed by atoms with E-state index in [-0.39, 0.29) is 12.5 Å². The standard InChI is InChI=1S/C15H24N2O3/c1-20-11-15(14(16)19)8-5-9-17(15)13(18)10-12-6-3-2-4-7-12/h6H,2-5,7-11H2,1H3,(H2,16,19). The van der Waals surface area contributed by atoms with Gasteiger partial charge in [-0.05, 0) is 38.5 Å². The van der Waals surface area contributed by atoms with E-state index in [0.717, 1.165) is 25.7 Å². The lowest BCUT2D eigenvalue weighted by molar-refractivity contribution is -0.146. The summed E-state index contributed by atoms with van der Waals surface area (Å²) in [5.74, 6) is -0.450. The first-order valence-electron chi connectivity index (χ1n) is 7.37. The van der Waals surface area contributed by atoms with Gasteiger partial charge in [-0.3, -0.25) is 9.59 Å². The highest BCUT2D eigenvalue weighted by atomic mass is 16.5. The number of amides is 2. The van der Waals surface area contributed by atoms with Crippen LogP contribution in [0.25, 0.3) is 0 Å². The maximum Gasteiger partial charge on any atom is 0.245 e. The molecule has 5 heteroatoms. The first kappa shape index (κ1) is 15.0. The largest absolute Gasteiger partial charge is 0.382 e. The number of hydrogen-bond acceptors (Lipinski definition) is 3. The Hall–Kier alpha value is -1.36. The molecule has 0 saturated carbocycles. The summed E-state index contributed by atoms with van der Waals surface area (Å²) in [5.41, 5.74) is 5.81. The molecule has 0 radical (unpaired) electrons. The highest BCUT2D eigenvalue weighted by Gasteiger charge is 2.48. The summed E-state index contributed by atoms with van der Waals surface area (Å²) < 4.78 is 5.15. The molecule has 1 saturated heterocycles. The van der Waals surface area contributed by atoms with Crippen molar-refractivity contribution in [3.8, 4) is 0 Å². The van der Waals surface area contributed by atoms with Gasteiger partial charge >= 0.3 is 0 Å². The summed E-state index contributed by atoms with van der Waals surface area (Å²) in [6.07, 6.45) is 8.39. The Morgan fingerprint density at radius 1 is 1.40 bits per heavy atom. The maximum atomic E-state index is 12.5. The number of primary amides is 1. The first-order valence-corrected chi connectivity index (χ1v) is 7.37. The fraction of sp³-hybridized carbons (Fsp3) is 0.733. The molecule has 0 aromatic carbocycles. The van der Waals surface area contributed by atoms with E-state index in [0.29, 0.717) is 19.4 Å². The lowest BCUT2D eigenvalue weighted by Crippen LogP contribution is -2.58. The van der Waals surface area contributed by atoms with Gasteiger partial charge in [0, 0.05) is 20.1 Å². The van der Waals surface area contributed by atoms with E-state index in [1.54, 1.807) is 4.90 Å². The van der Waals surface area contributed by atoms with Crippen molar-refractivity contribution >= 4 is 11.8 Å². The zero-order valence-corrected chi connectivity index (χ0v) is 12.2. The minimum Gasteiger partial charge on any atom is -0.382 e. The highest BCUT2D eigenvalue weighted by molar-refractivity contribution is 5.92. The fourth-order valence-electron chi connectivity index (χ4n) is 3.31. The summed E-state index contributed by atoms with van der Waals surface area (Å²) >= 11 is 0. The van der Waals surface area contributed by atoms with Gasteiger partial charge in [-0.15, -0.1) is 0 Å². The van der Waals surface area contributed by atoms with Crippen LogP contribution >= 0.6 is 0 Å². The Morgan fingerprint density at radius 3 is 2.80 bits per heavy atom. The molecule has 112 valence electrons. The van der Waals surface area contributed by atoms with Gasteiger partial charge in [-0.2, -0.15) is 0 Å². The zero-order valence-electron chi connectivity index (χ0n) is 12.2. The van der Waals surface area contributed by atoms with Crippen LogP contribution in [-0.2, 0) is 14.3 Å². The number of rotatable bonds is 5. The van der Waals surface area contributed by atoms with Crippen LogP contribution in [0, 0.1) is 0 Å². The molecule has 2 rings (SSSR count). The van der Waals surface area contributed by atoms with Crippen LogP contribution in [0.15, 0.2) is 11.6 Å². The lowest BCUT2D eigenvalue weighted by atomic mass is 9.93. The average Bonchev–Trinajstić information content (AvgIpc) is 2.85. The molecule has 0 bridgehead atoms. The van der Waals surface area contributed by atoms with E-state index < -0.39 is 11.4 Å². The van der Waals surface area contributed by atoms with Crippen LogP contribution in [0.4, 0.5) is 0 Å². The Kier molecular flexibility index (Phi) is 4.81. The smallest absolute Gasteiger partial charge is 0.245 e. The maximum absolute atomic E-state index is 12.5. The van der Waals surface area contributed by atoms with Crippen molar-refractivity contribution in [3.63, 3.8) is 0 Å². The molecule has 2 N–H and O–H groups in total. The third kappa shape index (κ3) is 2.87. The average molecular weight is 280 g/mol. The summed E-state index contributed by atoms with van der Waals surface area (Å²) in [6, 6.07) is 0. The summed E-state index contributed by atoms with van der Waals surface area (Å²) in [7, 11) is 1.54. The van der Waals surface area contributed by atoms with Crippen molar-refractivity contribution in [1.29, 1.82) is 0 Å². The Labute approximate surface area is 120 Å². The van der Waals surface area contributed by atoms with Crippen molar-refractivity contribution < 1.29 is 14.3 Å². The molecule has 0 spiro atoms. The summed E-state index contributed by atoms with van der Waals surface area (Å²) in [4.78, 5) is 26.0. The van der Waals surface area contributed by atoms with Crippen LogP contribution < -0.4 is 5.73 Å². The van der Waals surface area contributed by atoms with E-state index in [1.165, 1.54) is 19.1 Å². The zero-order chi connectivity index (χ0) is 14.6. The molecule has 1 atom stereocenters. The number of likely N-dealkylation sites (tertiary alicyclic amines) is 1. The van der Waals surface area contributed by atoms with Crippen LogP contribution in [0.3, 0.4) is 0 Å². The van der Waals surface area contributed by atoms with Gasteiger partial charge in [0.25, 0.3) is 0 Å². The summed E-state index contributed by atoms with van der Waals surface area (Å²) in [6.45, 7) is 0.783. The van der Waals surface area contributed by atoms with Gasteiger partial charge in [-0.25, -0.2) is 0 Å². The Morgan fingerprint density at radius 2 is 2.20 bits per heavy atom. The van der Waals surface area contributed by atoms with Gasteiger partial charge in [0.05, 0.1) is 6.61 Å². The number of nitrogens with zero attached hydrogens (tertiary/aromatic N) is 1. The minimum absolute atomic E-state index is 0.00602. The van der Waals surface area contributed by atoms with E-state index in [4.69, 9.17) is 10.5 Å². The molecular formula is C15H24N2O3. The first-order chi connectivity index (χ1) is 9.60. The number of carbonyl (C=O) groups excluding carboxylic acids is 2. The molecule has 1 unspecified atom stereocenters. The van der Waals surface area contributed by atoms with Gasteiger partial charge in [0.2, 0.25) is 11.8 Å². The predicted molar refractivity (Wildman–Crippen MR) is 75.9 cm³/mol. The highest BCUT2D eigenvalue weighted by Crippen LogP contribution is 2.31. The second-order valence-electron chi connectivity index (χ2n) is 5.76. The van der Waals surface area contributed by atoms with E-state index >= 15 is 0 Å². The number of hydrogen-bond donors (Lipinski definition) is 1. The normalized spacial score (nSPS) is 26.4. The quantitative estimate of drug-likeness (QED) is 0.773. The number of nitrogens with two attached hydrogens (primary N) is 1. The number of methoxy groups -OCH3 is 1. The second-order valence-corrected chi connectivity index (χ2v) is 5.76. The molecule has 0 aromatic heterocycles. The van der Waals surface area contributed by atoms with Gasteiger partial charge in [0.15, 0.2) is 0 Å². The second kappa shape index (κ2) is 6.39. The van der Waals surface area contributed by atoms with Crippen molar-refractivity contribution in [3.05, 3.63) is 11.6 Å². The number of allylic oxidation sites excluding steroid dienone is 1. The Bertz CT molecular complexity index is 419. The molecular weight excluding hydrogens is 256 g/mol. The van der Waals surface area contributed by atoms with Gasteiger partial charge in [-0.1, -0.05) is 11.6 Å². The molecule has 2 amide bonds. The molecule has 20 heavy (non-hydrogen) atoms. The number of carbonyl (C=O) groups is 2. The molecule has 1 aliphatic carbocycles. The van der Waals surface area contributed by atoms with Crippen LogP contribution in [0.5, 0.6) is 0 Å². The van der Waals surface area contributed by atoms with Crippen molar-refractivity contribution in [2.75, 3.05) is 20.3 Å². The SMILES string of the molecule is COCC1(C(N)=O)CCCN1C(=O)CC1=CCCCC1. The van der Waals surface area contributed by atoms with Crippen molar-refractivity contribution in [2.45, 2.75) is 50.5 Å². The molecule has 2 aliphatic rings. The van der Waals surface area contributed by atoms with Crippen LogP contribution in [0.2, 0.25) is 0 Å². The molecule has 0 aromatic rings. The number of ether oxygens (including phenoxy) is 1.